The smallest absolute Gasteiger partial charge is 0.315 e. The minimum absolute atomic E-state index is 0.0474. The largest absolute Gasteiger partial charge is 0.456 e. The quantitative estimate of drug-likeness (QED) is 0.577. The Labute approximate surface area is 181 Å². The van der Waals surface area contributed by atoms with Crippen molar-refractivity contribution < 1.29 is 23.9 Å². The van der Waals surface area contributed by atoms with Crippen molar-refractivity contribution in [3.63, 3.8) is 0 Å². The van der Waals surface area contributed by atoms with E-state index in [4.69, 9.17) is 4.74 Å². The zero-order chi connectivity index (χ0) is 21.8. The van der Waals surface area contributed by atoms with E-state index in [1.807, 2.05) is 0 Å². The number of hydrogen-bond donors (Lipinski definition) is 3. The molecule has 0 spiro atoms. The Bertz CT molecular complexity index is 819. The first-order valence-corrected chi connectivity index (χ1v) is 11.0. The van der Waals surface area contributed by atoms with Gasteiger partial charge in [-0.3, -0.25) is 19.7 Å². The van der Waals surface area contributed by atoms with Gasteiger partial charge in [0.2, 0.25) is 0 Å². The first-order chi connectivity index (χ1) is 14.9. The summed E-state index contributed by atoms with van der Waals surface area (Å²) in [5.74, 6) is 0.348. The second kappa shape index (κ2) is 9.08. The van der Waals surface area contributed by atoms with Gasteiger partial charge in [0.15, 0.2) is 6.61 Å². The number of esters is 1. The lowest BCUT2D eigenvalue weighted by molar-refractivity contribution is -0.148. The molecule has 3 N–H and O–H groups in total. The molecule has 31 heavy (non-hydrogen) atoms. The molecular formula is C23H29N3O5. The summed E-state index contributed by atoms with van der Waals surface area (Å²) >= 11 is 0. The Morgan fingerprint density at radius 3 is 2.16 bits per heavy atom. The summed E-state index contributed by atoms with van der Waals surface area (Å²) in [5.41, 5.74) is 0.263. The lowest BCUT2D eigenvalue weighted by Gasteiger charge is -2.56. The van der Waals surface area contributed by atoms with Crippen LogP contribution in [-0.2, 0) is 14.3 Å². The van der Waals surface area contributed by atoms with Crippen LogP contribution in [0.1, 0.15) is 55.3 Å². The molecule has 0 radical (unpaired) electrons. The minimum Gasteiger partial charge on any atom is -0.456 e. The lowest BCUT2D eigenvalue weighted by Crippen LogP contribution is -2.61. The number of nitrogens with one attached hydrogen (secondary N) is 3. The second-order valence-electron chi connectivity index (χ2n) is 9.23. The summed E-state index contributed by atoms with van der Waals surface area (Å²) in [4.78, 5) is 47.8. The van der Waals surface area contributed by atoms with Crippen LogP contribution in [0.3, 0.4) is 0 Å². The molecule has 0 unspecified atom stereocenters. The Kier molecular flexibility index (Phi) is 6.25. The van der Waals surface area contributed by atoms with E-state index in [2.05, 4.69) is 16.0 Å². The first kappa shape index (κ1) is 21.3. The molecule has 166 valence electrons. The number of urea groups is 1. The average Bonchev–Trinajstić information content (AvgIpc) is 2.71. The molecule has 0 heterocycles. The van der Waals surface area contributed by atoms with E-state index in [0.717, 1.165) is 37.0 Å². The van der Waals surface area contributed by atoms with Crippen molar-refractivity contribution in [1.82, 2.24) is 16.0 Å². The van der Waals surface area contributed by atoms with Gasteiger partial charge in [-0.25, -0.2) is 4.79 Å². The Hall–Kier alpha value is -2.90. The highest BCUT2D eigenvalue weighted by Crippen LogP contribution is 2.55. The summed E-state index contributed by atoms with van der Waals surface area (Å²) < 4.78 is 4.88. The Balaban J connectivity index is 1.12. The second-order valence-corrected chi connectivity index (χ2v) is 9.23. The van der Waals surface area contributed by atoms with Crippen LogP contribution in [-0.4, -0.2) is 42.5 Å². The fourth-order valence-corrected chi connectivity index (χ4v) is 5.87. The van der Waals surface area contributed by atoms with Gasteiger partial charge in [-0.1, -0.05) is 18.2 Å². The molecule has 0 aromatic heterocycles. The SMILES string of the molecule is O=C(COC(=O)CCNC(=O)NC12CC3CC(CC(C3)C1)C2)NC(=O)c1ccccc1. The van der Waals surface area contributed by atoms with E-state index >= 15 is 0 Å². The molecule has 4 aliphatic carbocycles. The fourth-order valence-electron chi connectivity index (χ4n) is 5.87. The third kappa shape index (κ3) is 5.42. The predicted molar refractivity (Wildman–Crippen MR) is 112 cm³/mol. The third-order valence-electron chi connectivity index (χ3n) is 6.68. The number of ether oxygens (including phenoxy) is 1. The number of amides is 4. The van der Waals surface area contributed by atoms with E-state index in [-0.39, 0.29) is 24.5 Å². The van der Waals surface area contributed by atoms with Gasteiger partial charge in [0, 0.05) is 17.6 Å². The van der Waals surface area contributed by atoms with Gasteiger partial charge in [-0.2, -0.15) is 0 Å². The molecule has 4 bridgehead atoms. The van der Waals surface area contributed by atoms with Gasteiger partial charge < -0.3 is 15.4 Å². The molecular weight excluding hydrogens is 398 g/mol. The molecule has 8 heteroatoms. The molecule has 0 aliphatic heterocycles. The number of benzene rings is 1. The third-order valence-corrected chi connectivity index (χ3v) is 6.68. The van der Waals surface area contributed by atoms with Crippen molar-refractivity contribution in [2.75, 3.05) is 13.2 Å². The van der Waals surface area contributed by atoms with E-state index in [1.165, 1.54) is 19.3 Å². The van der Waals surface area contributed by atoms with Gasteiger partial charge in [0.25, 0.3) is 11.8 Å². The minimum atomic E-state index is -0.699. The van der Waals surface area contributed by atoms with Crippen molar-refractivity contribution in [2.24, 2.45) is 17.8 Å². The highest BCUT2D eigenvalue weighted by atomic mass is 16.5. The van der Waals surface area contributed by atoms with Crippen LogP contribution >= 0.6 is 0 Å². The maximum absolute atomic E-state index is 12.4. The van der Waals surface area contributed by atoms with Gasteiger partial charge >= 0.3 is 12.0 Å². The van der Waals surface area contributed by atoms with Gasteiger partial charge in [-0.05, 0) is 68.4 Å². The normalized spacial score (nSPS) is 27.9. The molecule has 0 saturated heterocycles. The first-order valence-electron chi connectivity index (χ1n) is 11.0. The van der Waals surface area contributed by atoms with Crippen LogP contribution in [0, 0.1) is 17.8 Å². The van der Waals surface area contributed by atoms with E-state index in [1.54, 1.807) is 30.3 Å². The van der Waals surface area contributed by atoms with Gasteiger partial charge in [0.1, 0.15) is 0 Å². The van der Waals surface area contributed by atoms with Crippen LogP contribution < -0.4 is 16.0 Å². The van der Waals surface area contributed by atoms with Crippen LogP contribution in [0.15, 0.2) is 30.3 Å². The van der Waals surface area contributed by atoms with Crippen molar-refractivity contribution in [3.05, 3.63) is 35.9 Å². The van der Waals surface area contributed by atoms with Crippen LogP contribution in [0.5, 0.6) is 0 Å². The van der Waals surface area contributed by atoms with Crippen LogP contribution in [0.4, 0.5) is 4.79 Å². The topological polar surface area (TPSA) is 114 Å². The van der Waals surface area contributed by atoms with E-state index in [0.29, 0.717) is 5.56 Å². The molecule has 4 amide bonds. The van der Waals surface area contributed by atoms with Crippen molar-refractivity contribution >= 4 is 23.8 Å². The molecule has 8 nitrogen and oxygen atoms in total. The molecule has 5 rings (SSSR count). The highest BCUT2D eigenvalue weighted by molar-refractivity contribution is 6.05. The van der Waals surface area contributed by atoms with Crippen molar-refractivity contribution in [2.45, 2.75) is 50.5 Å². The van der Waals surface area contributed by atoms with E-state index in [9.17, 15) is 19.2 Å². The Morgan fingerprint density at radius 2 is 1.55 bits per heavy atom. The fraction of sp³-hybridized carbons (Fsp3) is 0.565. The summed E-state index contributed by atoms with van der Waals surface area (Å²) in [6.07, 6.45) is 7.05. The molecule has 4 aliphatic rings. The van der Waals surface area contributed by atoms with Crippen molar-refractivity contribution in [1.29, 1.82) is 0 Å². The van der Waals surface area contributed by atoms with Gasteiger partial charge in [0.05, 0.1) is 6.42 Å². The van der Waals surface area contributed by atoms with Crippen LogP contribution in [0.2, 0.25) is 0 Å². The zero-order valence-electron chi connectivity index (χ0n) is 17.5. The van der Waals surface area contributed by atoms with Crippen LogP contribution in [0.25, 0.3) is 0 Å². The number of carbonyl (C=O) groups is 4. The van der Waals surface area contributed by atoms with E-state index < -0.39 is 24.4 Å². The maximum atomic E-state index is 12.4. The zero-order valence-corrected chi connectivity index (χ0v) is 17.5. The Morgan fingerprint density at radius 1 is 0.935 bits per heavy atom. The molecule has 0 atom stereocenters. The predicted octanol–water partition coefficient (Wildman–Crippen LogP) is 2.14. The number of hydrogen-bond acceptors (Lipinski definition) is 5. The summed E-state index contributed by atoms with van der Waals surface area (Å²) in [7, 11) is 0. The standard InChI is InChI=1S/C23H29N3O5/c27-19(25-21(29)18-4-2-1-3-5-18)14-31-20(28)6-7-24-22(30)26-23-11-15-8-16(12-23)10-17(9-15)13-23/h1-5,15-17H,6-14H2,(H2,24,26,30)(H,25,27,29). The monoisotopic (exact) mass is 427 g/mol. The lowest BCUT2D eigenvalue weighted by atomic mass is 9.53. The molecule has 1 aromatic carbocycles. The van der Waals surface area contributed by atoms with Crippen molar-refractivity contribution in [3.8, 4) is 0 Å². The number of carbonyl (C=O) groups excluding carboxylic acids is 4. The highest BCUT2D eigenvalue weighted by Gasteiger charge is 2.51. The average molecular weight is 428 g/mol. The number of imide groups is 1. The molecule has 4 fully saturated rings. The molecule has 4 saturated carbocycles. The number of rotatable bonds is 7. The summed E-state index contributed by atoms with van der Waals surface area (Å²) in [6.45, 7) is -0.418. The maximum Gasteiger partial charge on any atom is 0.315 e. The summed E-state index contributed by atoms with van der Waals surface area (Å²) in [6, 6.07) is 8.04. The summed E-state index contributed by atoms with van der Waals surface area (Å²) in [5, 5.41) is 8.07. The molecule has 1 aromatic rings. The van der Waals surface area contributed by atoms with Gasteiger partial charge in [-0.15, -0.1) is 0 Å².